The zero-order chi connectivity index (χ0) is 22.9. The van der Waals surface area contributed by atoms with Gasteiger partial charge in [0, 0.05) is 49.1 Å². The topological polar surface area (TPSA) is 123 Å². The molecule has 0 aliphatic heterocycles. The van der Waals surface area contributed by atoms with Crippen LogP contribution in [-0.4, -0.2) is 47.5 Å². The van der Waals surface area contributed by atoms with Gasteiger partial charge in [-0.2, -0.15) is 0 Å². The number of nitrogen functional groups attached to an aromatic ring is 1. The molecule has 0 spiro atoms. The van der Waals surface area contributed by atoms with E-state index in [1.54, 1.807) is 26.4 Å². The number of carbonyl (C=O) groups is 4. The number of anilines is 1. The molecular formula is C22H21N3O6. The molecule has 1 aromatic carbocycles. The minimum Gasteiger partial charge on any atom is -0.495 e. The molecule has 160 valence electrons. The Morgan fingerprint density at radius 3 is 2.16 bits per heavy atom. The van der Waals surface area contributed by atoms with Crippen LogP contribution in [0, 0.1) is 0 Å². The Morgan fingerprint density at radius 2 is 1.58 bits per heavy atom. The van der Waals surface area contributed by atoms with Crippen LogP contribution in [0.1, 0.15) is 41.6 Å². The van der Waals surface area contributed by atoms with Gasteiger partial charge in [0.2, 0.25) is 11.6 Å². The smallest absolute Gasteiger partial charge is 0.230 e. The van der Waals surface area contributed by atoms with E-state index in [1.807, 2.05) is 17.7 Å². The van der Waals surface area contributed by atoms with Gasteiger partial charge in [0.1, 0.15) is 11.4 Å². The molecule has 0 atom stereocenters. The van der Waals surface area contributed by atoms with E-state index in [0.29, 0.717) is 23.3 Å². The number of nitrogens with zero attached hydrogens (tertiary/aromatic N) is 2. The first kappa shape index (κ1) is 21.6. The highest BCUT2D eigenvalue weighted by Crippen LogP contribution is 2.33. The number of aryl methyl sites for hydroxylation is 2. The second-order valence-electron chi connectivity index (χ2n) is 6.83. The maximum Gasteiger partial charge on any atom is 0.230 e. The van der Waals surface area contributed by atoms with E-state index in [4.69, 9.17) is 15.2 Å². The standard InChI is InChI=1S/C11H12N2O2.C11H9NO4/c1-13-5-7(6-14)10-8(13)3-4-9(15-2)11(10)12;1-12-4-6(5-13)9-10(12)7(14)3-8(16-2)11(9)15/h3-6H,12H2,1-2H3;3-5H,1-2H3. The highest BCUT2D eigenvalue weighted by molar-refractivity contribution is 6.25. The summed E-state index contributed by atoms with van der Waals surface area (Å²) in [5.74, 6) is -0.203. The molecule has 0 bridgehead atoms. The van der Waals surface area contributed by atoms with Gasteiger partial charge in [0.15, 0.2) is 18.3 Å². The minimum absolute atomic E-state index is 0.0354. The van der Waals surface area contributed by atoms with Crippen LogP contribution >= 0.6 is 0 Å². The number of methoxy groups -OCH3 is 2. The number of rotatable bonds is 4. The Balaban J connectivity index is 0.000000176. The lowest BCUT2D eigenvalue weighted by molar-refractivity contribution is 0.0911. The van der Waals surface area contributed by atoms with Crippen molar-refractivity contribution in [2.75, 3.05) is 20.0 Å². The van der Waals surface area contributed by atoms with E-state index >= 15 is 0 Å². The van der Waals surface area contributed by atoms with Crippen LogP contribution < -0.4 is 10.5 Å². The van der Waals surface area contributed by atoms with Gasteiger partial charge in [-0.3, -0.25) is 19.2 Å². The van der Waals surface area contributed by atoms with E-state index in [9.17, 15) is 19.2 Å². The number of nitrogens with two attached hydrogens (primary N) is 1. The van der Waals surface area contributed by atoms with Gasteiger partial charge in [-0.05, 0) is 12.1 Å². The Kier molecular flexibility index (Phi) is 5.78. The number of aldehydes is 2. The van der Waals surface area contributed by atoms with Crippen molar-refractivity contribution in [2.24, 2.45) is 14.1 Å². The van der Waals surface area contributed by atoms with Crippen LogP contribution in [0.15, 0.2) is 36.4 Å². The lowest BCUT2D eigenvalue weighted by atomic mass is 9.97. The van der Waals surface area contributed by atoms with Gasteiger partial charge in [0.05, 0.1) is 31.0 Å². The summed E-state index contributed by atoms with van der Waals surface area (Å²) in [6.07, 6.45) is 5.72. The molecule has 3 aromatic rings. The van der Waals surface area contributed by atoms with Gasteiger partial charge >= 0.3 is 0 Å². The van der Waals surface area contributed by atoms with Crippen LogP contribution in [0.5, 0.6) is 5.75 Å². The third kappa shape index (κ3) is 3.50. The molecule has 0 saturated heterocycles. The second-order valence-corrected chi connectivity index (χ2v) is 6.83. The maximum absolute atomic E-state index is 11.9. The lowest BCUT2D eigenvalue weighted by Gasteiger charge is -2.12. The summed E-state index contributed by atoms with van der Waals surface area (Å²) >= 11 is 0. The Morgan fingerprint density at radius 1 is 0.935 bits per heavy atom. The number of benzene rings is 1. The van der Waals surface area contributed by atoms with Gasteiger partial charge in [-0.25, -0.2) is 0 Å². The third-order valence-electron chi connectivity index (χ3n) is 5.04. The monoisotopic (exact) mass is 423 g/mol. The summed E-state index contributed by atoms with van der Waals surface area (Å²) in [6.45, 7) is 0. The highest BCUT2D eigenvalue weighted by Gasteiger charge is 2.31. The molecule has 4 rings (SSSR count). The summed E-state index contributed by atoms with van der Waals surface area (Å²) in [5.41, 5.74) is 8.51. The fourth-order valence-corrected chi connectivity index (χ4v) is 3.60. The molecule has 0 saturated carbocycles. The molecule has 2 N–H and O–H groups in total. The Hall–Kier alpha value is -4.14. The lowest BCUT2D eigenvalue weighted by Crippen LogP contribution is -2.19. The molecule has 31 heavy (non-hydrogen) atoms. The van der Waals surface area contributed by atoms with Gasteiger partial charge < -0.3 is 24.3 Å². The first-order valence-electron chi connectivity index (χ1n) is 9.14. The van der Waals surface area contributed by atoms with E-state index in [-0.39, 0.29) is 28.4 Å². The number of ketones is 2. The predicted molar refractivity (Wildman–Crippen MR) is 114 cm³/mol. The number of allylic oxidation sites excluding steroid dienone is 2. The van der Waals surface area contributed by atoms with Crippen molar-refractivity contribution in [3.63, 3.8) is 0 Å². The van der Waals surface area contributed by atoms with E-state index in [1.165, 1.54) is 17.9 Å². The summed E-state index contributed by atoms with van der Waals surface area (Å²) in [6, 6.07) is 3.68. The first-order valence-corrected chi connectivity index (χ1v) is 9.14. The Labute approximate surface area is 177 Å². The average molecular weight is 423 g/mol. The fourth-order valence-electron chi connectivity index (χ4n) is 3.60. The van der Waals surface area contributed by atoms with Crippen molar-refractivity contribution in [2.45, 2.75) is 0 Å². The van der Waals surface area contributed by atoms with E-state index in [0.717, 1.165) is 23.3 Å². The molecule has 1 aliphatic carbocycles. The molecule has 0 amide bonds. The third-order valence-corrected chi connectivity index (χ3v) is 5.04. The summed E-state index contributed by atoms with van der Waals surface area (Å²) in [4.78, 5) is 45.3. The molecule has 9 nitrogen and oxygen atoms in total. The van der Waals surface area contributed by atoms with Crippen molar-refractivity contribution < 1.29 is 28.7 Å². The second kappa shape index (κ2) is 8.31. The molecule has 9 heteroatoms. The minimum atomic E-state index is -0.431. The van der Waals surface area contributed by atoms with Crippen LogP contribution in [0.25, 0.3) is 10.9 Å². The summed E-state index contributed by atoms with van der Waals surface area (Å²) in [5, 5.41) is 0.756. The summed E-state index contributed by atoms with van der Waals surface area (Å²) < 4.78 is 13.3. The molecule has 0 unspecified atom stereocenters. The highest BCUT2D eigenvalue weighted by atomic mass is 16.5. The van der Waals surface area contributed by atoms with E-state index in [2.05, 4.69) is 0 Å². The number of Topliss-reactive ketones (excluding diaryl/α,β-unsaturated/α-hetero) is 1. The maximum atomic E-state index is 11.9. The molecule has 0 fully saturated rings. The van der Waals surface area contributed by atoms with Gasteiger partial charge in [-0.1, -0.05) is 0 Å². The first-order chi connectivity index (χ1) is 14.8. The average Bonchev–Trinajstić information content (AvgIpc) is 3.28. The van der Waals surface area contributed by atoms with E-state index < -0.39 is 5.78 Å². The predicted octanol–water partition coefficient (Wildman–Crippen LogP) is 2.33. The van der Waals surface area contributed by atoms with Gasteiger partial charge in [0.25, 0.3) is 0 Å². The van der Waals surface area contributed by atoms with Crippen molar-refractivity contribution >= 4 is 40.7 Å². The van der Waals surface area contributed by atoms with Crippen molar-refractivity contribution in [3.8, 4) is 5.75 Å². The Bertz CT molecular complexity index is 1260. The number of carbonyl (C=O) groups excluding carboxylic acids is 4. The van der Waals surface area contributed by atoms with Crippen LogP contribution in [0.3, 0.4) is 0 Å². The number of ether oxygens (including phenoxy) is 2. The van der Waals surface area contributed by atoms with Crippen molar-refractivity contribution in [1.82, 2.24) is 9.13 Å². The fraction of sp³-hybridized carbons (Fsp3) is 0.182. The normalized spacial score (nSPS) is 12.6. The zero-order valence-electron chi connectivity index (χ0n) is 17.5. The van der Waals surface area contributed by atoms with Crippen LogP contribution in [0.4, 0.5) is 5.69 Å². The molecule has 2 aromatic heterocycles. The van der Waals surface area contributed by atoms with Gasteiger partial charge in [-0.15, -0.1) is 0 Å². The number of aromatic nitrogens is 2. The molecule has 0 radical (unpaired) electrons. The van der Waals surface area contributed by atoms with Crippen molar-refractivity contribution in [3.05, 3.63) is 58.7 Å². The SMILES string of the molecule is COC1=CC(=O)c2c(c(C=O)cn2C)C1=O.COc1ccc2c(c(C=O)cn2C)c1N. The molecule has 2 heterocycles. The molecular weight excluding hydrogens is 402 g/mol. The van der Waals surface area contributed by atoms with Crippen LogP contribution in [0.2, 0.25) is 0 Å². The number of fused-ring (bicyclic) bond motifs is 2. The van der Waals surface area contributed by atoms with Crippen LogP contribution in [-0.2, 0) is 18.8 Å². The zero-order valence-corrected chi connectivity index (χ0v) is 17.5. The number of hydrogen-bond donors (Lipinski definition) is 1. The summed E-state index contributed by atoms with van der Waals surface area (Å²) in [7, 11) is 6.36. The number of hydrogen-bond acceptors (Lipinski definition) is 7. The van der Waals surface area contributed by atoms with Crippen molar-refractivity contribution in [1.29, 1.82) is 0 Å². The molecule has 1 aliphatic rings. The largest absolute Gasteiger partial charge is 0.495 e. The quantitative estimate of drug-likeness (QED) is 0.505.